The van der Waals surface area contributed by atoms with Crippen LogP contribution in [0.3, 0.4) is 0 Å². The number of ether oxygens (including phenoxy) is 1. The van der Waals surface area contributed by atoms with E-state index >= 15 is 0 Å². The predicted octanol–water partition coefficient (Wildman–Crippen LogP) is 3.20. The highest BCUT2D eigenvalue weighted by molar-refractivity contribution is 7.80. The summed E-state index contributed by atoms with van der Waals surface area (Å²) in [6, 6.07) is 5.89. The number of esters is 1. The maximum absolute atomic E-state index is 11.5. The molecule has 0 unspecified atom stereocenters. The molecule has 0 aliphatic rings. The first-order chi connectivity index (χ1) is 9.02. The molecule has 5 nitrogen and oxygen atoms in total. The van der Waals surface area contributed by atoms with Gasteiger partial charge in [-0.3, -0.25) is 14.9 Å². The van der Waals surface area contributed by atoms with Gasteiger partial charge in [-0.25, -0.2) is 0 Å². The lowest BCUT2D eigenvalue weighted by molar-refractivity contribution is -0.384. The van der Waals surface area contributed by atoms with Crippen molar-refractivity contribution in [2.45, 2.75) is 32.8 Å². The van der Waals surface area contributed by atoms with Gasteiger partial charge in [0.2, 0.25) is 0 Å². The van der Waals surface area contributed by atoms with Crippen molar-refractivity contribution in [3.05, 3.63) is 39.9 Å². The fourth-order valence-electron chi connectivity index (χ4n) is 1.46. The molecule has 0 amide bonds. The van der Waals surface area contributed by atoms with E-state index in [1.54, 1.807) is 12.1 Å². The number of thiocarbonyl (C=S) groups is 1. The maximum atomic E-state index is 11.5. The van der Waals surface area contributed by atoms with Gasteiger partial charge in [0, 0.05) is 17.0 Å². The Morgan fingerprint density at radius 1 is 1.37 bits per heavy atom. The van der Waals surface area contributed by atoms with Crippen molar-refractivity contribution in [3.8, 4) is 0 Å². The average Bonchev–Trinajstić information content (AvgIpc) is 2.37. The van der Waals surface area contributed by atoms with Crippen LogP contribution in [-0.4, -0.2) is 15.8 Å². The Morgan fingerprint density at radius 2 is 2.00 bits per heavy atom. The van der Waals surface area contributed by atoms with Crippen LogP contribution in [0.5, 0.6) is 0 Å². The SMILES string of the molecule is CCCC(=S)CC(=O)OCc1ccc([N+](=O)[O-])cc1. The zero-order valence-electron chi connectivity index (χ0n) is 10.6. The third kappa shape index (κ3) is 5.56. The lowest BCUT2D eigenvalue weighted by Gasteiger charge is -2.05. The average molecular weight is 281 g/mol. The number of nitro groups is 1. The van der Waals surface area contributed by atoms with Crippen LogP contribution in [0, 0.1) is 10.1 Å². The minimum absolute atomic E-state index is 0.0131. The summed E-state index contributed by atoms with van der Waals surface area (Å²) in [5, 5.41) is 10.5. The fraction of sp³-hybridized carbons (Fsp3) is 0.385. The smallest absolute Gasteiger partial charge is 0.311 e. The summed E-state index contributed by atoms with van der Waals surface area (Å²) in [5.74, 6) is -0.364. The number of hydrogen-bond acceptors (Lipinski definition) is 5. The van der Waals surface area contributed by atoms with Gasteiger partial charge in [-0.1, -0.05) is 25.6 Å². The van der Waals surface area contributed by atoms with Gasteiger partial charge in [0.25, 0.3) is 5.69 Å². The second-order valence-corrected chi connectivity index (χ2v) is 4.63. The molecule has 1 aromatic rings. The van der Waals surface area contributed by atoms with Crippen LogP contribution in [0.1, 0.15) is 31.7 Å². The topological polar surface area (TPSA) is 69.4 Å². The molecule has 0 heterocycles. The lowest BCUT2D eigenvalue weighted by atomic mass is 10.2. The first kappa shape index (κ1) is 15.2. The van der Waals surface area contributed by atoms with Gasteiger partial charge in [0.1, 0.15) is 6.61 Å². The van der Waals surface area contributed by atoms with Crippen LogP contribution in [0.4, 0.5) is 5.69 Å². The number of rotatable bonds is 7. The molecule has 1 rings (SSSR count). The molecule has 6 heteroatoms. The molecule has 0 saturated carbocycles. The van der Waals surface area contributed by atoms with Gasteiger partial charge in [0.15, 0.2) is 0 Å². The van der Waals surface area contributed by atoms with E-state index in [0.29, 0.717) is 10.4 Å². The first-order valence-corrected chi connectivity index (χ1v) is 6.34. The molecule has 0 aliphatic heterocycles. The monoisotopic (exact) mass is 281 g/mol. The molecule has 19 heavy (non-hydrogen) atoms. The number of carbonyl (C=O) groups is 1. The van der Waals surface area contributed by atoms with Crippen molar-refractivity contribution >= 4 is 28.7 Å². The van der Waals surface area contributed by atoms with Gasteiger partial charge in [-0.2, -0.15) is 0 Å². The number of nitro benzene ring substituents is 1. The van der Waals surface area contributed by atoms with Gasteiger partial charge in [-0.05, 0) is 24.1 Å². The quantitative estimate of drug-likeness (QED) is 0.332. The fourth-order valence-corrected chi connectivity index (χ4v) is 1.78. The first-order valence-electron chi connectivity index (χ1n) is 5.93. The van der Waals surface area contributed by atoms with E-state index in [4.69, 9.17) is 17.0 Å². The molecule has 0 aliphatic carbocycles. The summed E-state index contributed by atoms with van der Waals surface area (Å²) in [6.07, 6.45) is 1.80. The summed E-state index contributed by atoms with van der Waals surface area (Å²) in [4.78, 5) is 22.1. The van der Waals surface area contributed by atoms with E-state index in [2.05, 4.69) is 0 Å². The Kier molecular flexibility index (Phi) is 6.08. The second-order valence-electron chi connectivity index (χ2n) is 4.05. The van der Waals surface area contributed by atoms with Crippen molar-refractivity contribution in [2.75, 3.05) is 0 Å². The van der Waals surface area contributed by atoms with Crippen molar-refractivity contribution in [1.29, 1.82) is 0 Å². The van der Waals surface area contributed by atoms with Crippen molar-refractivity contribution in [3.63, 3.8) is 0 Å². The van der Waals surface area contributed by atoms with E-state index in [-0.39, 0.29) is 24.7 Å². The van der Waals surface area contributed by atoms with E-state index in [0.717, 1.165) is 12.8 Å². The summed E-state index contributed by atoms with van der Waals surface area (Å²) in [6.45, 7) is 2.10. The van der Waals surface area contributed by atoms with Crippen LogP contribution in [-0.2, 0) is 16.1 Å². The molecule has 0 saturated heterocycles. The van der Waals surface area contributed by atoms with Crippen LogP contribution in [0.15, 0.2) is 24.3 Å². The Hall–Kier alpha value is -1.82. The normalized spacial score (nSPS) is 9.95. The molecule has 1 aromatic carbocycles. The molecule has 0 fully saturated rings. The van der Waals surface area contributed by atoms with Crippen LogP contribution in [0.2, 0.25) is 0 Å². The van der Waals surface area contributed by atoms with E-state index in [1.165, 1.54) is 12.1 Å². The van der Waals surface area contributed by atoms with Gasteiger partial charge < -0.3 is 4.74 Å². The molecule has 0 bridgehead atoms. The number of non-ortho nitro benzene ring substituents is 1. The highest BCUT2D eigenvalue weighted by atomic mass is 32.1. The number of hydrogen-bond donors (Lipinski definition) is 0. The highest BCUT2D eigenvalue weighted by Crippen LogP contribution is 2.12. The van der Waals surface area contributed by atoms with Crippen LogP contribution < -0.4 is 0 Å². The molecule has 0 spiro atoms. The third-order valence-electron chi connectivity index (χ3n) is 2.42. The van der Waals surface area contributed by atoms with Crippen LogP contribution in [0.25, 0.3) is 0 Å². The minimum Gasteiger partial charge on any atom is -0.461 e. The largest absolute Gasteiger partial charge is 0.461 e. The molecular formula is C13H15NO4S. The molecule has 0 N–H and O–H groups in total. The minimum atomic E-state index is -0.473. The van der Waals surface area contributed by atoms with Gasteiger partial charge >= 0.3 is 5.97 Å². The van der Waals surface area contributed by atoms with E-state index < -0.39 is 4.92 Å². The van der Waals surface area contributed by atoms with Crippen LogP contribution >= 0.6 is 12.2 Å². The summed E-state index contributed by atoms with van der Waals surface area (Å²) >= 11 is 5.03. The number of nitrogens with zero attached hydrogens (tertiary/aromatic N) is 1. The van der Waals surface area contributed by atoms with E-state index in [9.17, 15) is 14.9 Å². The standard InChI is InChI=1S/C13H15NO4S/c1-2-3-12(19)8-13(15)18-9-10-4-6-11(7-5-10)14(16)17/h4-7H,2-3,8-9H2,1H3. The van der Waals surface area contributed by atoms with Crippen molar-refractivity contribution in [2.24, 2.45) is 0 Å². The molecular weight excluding hydrogens is 266 g/mol. The highest BCUT2D eigenvalue weighted by Gasteiger charge is 2.08. The zero-order chi connectivity index (χ0) is 14.3. The van der Waals surface area contributed by atoms with Crippen molar-refractivity contribution in [1.82, 2.24) is 0 Å². The summed E-state index contributed by atoms with van der Waals surface area (Å²) < 4.78 is 5.05. The molecule has 0 aromatic heterocycles. The Morgan fingerprint density at radius 3 is 2.53 bits per heavy atom. The lowest BCUT2D eigenvalue weighted by Crippen LogP contribution is -2.09. The van der Waals surface area contributed by atoms with Crippen molar-refractivity contribution < 1.29 is 14.5 Å². The number of benzene rings is 1. The summed E-state index contributed by atoms with van der Waals surface area (Å²) in [5.41, 5.74) is 0.722. The Balaban J connectivity index is 2.42. The third-order valence-corrected chi connectivity index (χ3v) is 2.77. The summed E-state index contributed by atoms with van der Waals surface area (Å²) in [7, 11) is 0. The molecule has 0 atom stereocenters. The number of carbonyl (C=O) groups excluding carboxylic acids is 1. The second kappa shape index (κ2) is 7.58. The Labute approximate surface area is 116 Å². The maximum Gasteiger partial charge on any atom is 0.311 e. The molecule has 0 radical (unpaired) electrons. The van der Waals surface area contributed by atoms with Gasteiger partial charge in [-0.15, -0.1) is 0 Å². The zero-order valence-corrected chi connectivity index (χ0v) is 11.4. The Bertz CT molecular complexity index is 470. The molecule has 102 valence electrons. The predicted molar refractivity (Wildman–Crippen MR) is 75.0 cm³/mol. The van der Waals surface area contributed by atoms with Gasteiger partial charge in [0.05, 0.1) is 11.3 Å². The van der Waals surface area contributed by atoms with E-state index in [1.807, 2.05) is 6.92 Å².